The second-order valence-electron chi connectivity index (χ2n) is 23.4. The standard InChI is InChI=1S/C74H132O6/c1-4-7-10-13-16-19-22-24-26-28-30-32-34-35-36-37-38-39-41-42-44-46-48-50-52-55-58-61-64-67-73(76)79-70-71(69-78-72(75)66-63-60-57-54-21-18-15-12-9-6-3)80-74(77)68-65-62-59-56-53-51-49-47-45-43-40-33-31-29-27-25-23-20-17-14-11-8-5-2/h7,10,16,19,23-26,29-32,71H,4-6,8-9,11-15,17-18,20-22,27-28,33-70H2,1-3H3/b10-7-,19-16-,25-23-,26-24-,31-29-,32-30-. The van der Waals surface area contributed by atoms with Crippen LogP contribution in [0.5, 0.6) is 0 Å². The van der Waals surface area contributed by atoms with Crippen LogP contribution in [-0.4, -0.2) is 37.2 Å². The Morgan fingerprint density at radius 1 is 0.263 bits per heavy atom. The van der Waals surface area contributed by atoms with Gasteiger partial charge in [0.15, 0.2) is 6.10 Å². The number of hydrogen-bond donors (Lipinski definition) is 0. The van der Waals surface area contributed by atoms with Gasteiger partial charge in [-0.2, -0.15) is 0 Å². The lowest BCUT2D eigenvalue weighted by molar-refractivity contribution is -0.167. The Bertz CT molecular complexity index is 1470. The number of allylic oxidation sites excluding steroid dienone is 12. The topological polar surface area (TPSA) is 78.9 Å². The van der Waals surface area contributed by atoms with Crippen molar-refractivity contribution >= 4 is 17.9 Å². The van der Waals surface area contributed by atoms with E-state index in [2.05, 4.69) is 93.7 Å². The molecule has 0 rings (SSSR count). The zero-order valence-electron chi connectivity index (χ0n) is 53.3. The van der Waals surface area contributed by atoms with Crippen molar-refractivity contribution in [3.05, 3.63) is 72.9 Å². The van der Waals surface area contributed by atoms with Crippen LogP contribution in [0, 0.1) is 0 Å². The average molecular weight is 1120 g/mol. The van der Waals surface area contributed by atoms with E-state index in [4.69, 9.17) is 14.2 Å². The van der Waals surface area contributed by atoms with Crippen molar-refractivity contribution in [1.29, 1.82) is 0 Å². The quantitative estimate of drug-likeness (QED) is 0.0261. The molecule has 0 aromatic rings. The summed E-state index contributed by atoms with van der Waals surface area (Å²) in [7, 11) is 0. The fourth-order valence-electron chi connectivity index (χ4n) is 10.2. The van der Waals surface area contributed by atoms with Crippen molar-refractivity contribution in [1.82, 2.24) is 0 Å². The Morgan fingerprint density at radius 2 is 0.487 bits per heavy atom. The van der Waals surface area contributed by atoms with Crippen LogP contribution in [0.15, 0.2) is 72.9 Å². The summed E-state index contributed by atoms with van der Waals surface area (Å²) in [6, 6.07) is 0. The summed E-state index contributed by atoms with van der Waals surface area (Å²) in [6.45, 7) is 6.55. The first-order valence-electron chi connectivity index (χ1n) is 34.9. The maximum absolute atomic E-state index is 12.9. The predicted octanol–water partition coefficient (Wildman–Crippen LogP) is 24.1. The number of unbranched alkanes of at least 4 members (excludes halogenated alkanes) is 41. The third-order valence-electron chi connectivity index (χ3n) is 15.4. The van der Waals surface area contributed by atoms with Gasteiger partial charge in [-0.1, -0.05) is 325 Å². The second kappa shape index (κ2) is 68.3. The fourth-order valence-corrected chi connectivity index (χ4v) is 10.2. The van der Waals surface area contributed by atoms with E-state index in [0.29, 0.717) is 19.3 Å². The minimum atomic E-state index is -0.774. The van der Waals surface area contributed by atoms with Gasteiger partial charge in [0.2, 0.25) is 0 Å². The van der Waals surface area contributed by atoms with Gasteiger partial charge in [0.1, 0.15) is 13.2 Å². The average Bonchev–Trinajstić information content (AvgIpc) is 3.46. The summed E-state index contributed by atoms with van der Waals surface area (Å²) < 4.78 is 17.0. The summed E-state index contributed by atoms with van der Waals surface area (Å²) in [5, 5.41) is 0. The van der Waals surface area contributed by atoms with Crippen LogP contribution in [0.4, 0.5) is 0 Å². The molecule has 0 aliphatic carbocycles. The number of carbonyl (C=O) groups is 3. The monoisotopic (exact) mass is 1120 g/mol. The molecular weight excluding hydrogens is 985 g/mol. The van der Waals surface area contributed by atoms with Crippen LogP contribution in [0.25, 0.3) is 0 Å². The van der Waals surface area contributed by atoms with E-state index >= 15 is 0 Å². The van der Waals surface area contributed by atoms with E-state index in [1.54, 1.807) is 0 Å². The smallest absolute Gasteiger partial charge is 0.306 e. The summed E-state index contributed by atoms with van der Waals surface area (Å²) >= 11 is 0. The Hall–Kier alpha value is -3.15. The van der Waals surface area contributed by atoms with Crippen molar-refractivity contribution in [2.24, 2.45) is 0 Å². The molecular formula is C74H132O6. The van der Waals surface area contributed by atoms with Crippen molar-refractivity contribution < 1.29 is 28.6 Å². The zero-order valence-corrected chi connectivity index (χ0v) is 53.3. The lowest BCUT2D eigenvalue weighted by Crippen LogP contribution is -2.30. The molecule has 0 radical (unpaired) electrons. The van der Waals surface area contributed by atoms with Gasteiger partial charge >= 0.3 is 17.9 Å². The van der Waals surface area contributed by atoms with E-state index in [1.807, 2.05) is 0 Å². The predicted molar refractivity (Wildman–Crippen MR) is 348 cm³/mol. The molecule has 6 nitrogen and oxygen atoms in total. The minimum absolute atomic E-state index is 0.0709. The number of ether oxygens (including phenoxy) is 3. The molecule has 0 saturated heterocycles. The van der Waals surface area contributed by atoms with Crippen molar-refractivity contribution in [3.8, 4) is 0 Å². The molecule has 0 aliphatic heterocycles. The van der Waals surface area contributed by atoms with Gasteiger partial charge in [-0.3, -0.25) is 14.4 Å². The third-order valence-corrected chi connectivity index (χ3v) is 15.4. The summed E-state index contributed by atoms with van der Waals surface area (Å²) in [5.74, 6) is -0.854. The van der Waals surface area contributed by atoms with Crippen LogP contribution in [-0.2, 0) is 28.6 Å². The SMILES string of the molecule is CC/C=C\C/C=C\C/C=C\C/C=C\CCCCCCCCCCCCCCCCCCC(=O)OCC(COC(=O)CCCCCCCCCCCC)OC(=O)CCCCCCCCCCCCC/C=C\C/C=C\CCCCCCC. The molecule has 1 unspecified atom stereocenters. The zero-order chi connectivity index (χ0) is 57.8. The van der Waals surface area contributed by atoms with E-state index in [9.17, 15) is 14.4 Å². The van der Waals surface area contributed by atoms with Gasteiger partial charge in [-0.25, -0.2) is 0 Å². The van der Waals surface area contributed by atoms with Gasteiger partial charge in [0.25, 0.3) is 0 Å². The Labute approximate surface area is 497 Å². The van der Waals surface area contributed by atoms with Crippen LogP contribution in [0.3, 0.4) is 0 Å². The highest BCUT2D eigenvalue weighted by Gasteiger charge is 2.19. The highest BCUT2D eigenvalue weighted by atomic mass is 16.6. The van der Waals surface area contributed by atoms with E-state index < -0.39 is 6.10 Å². The lowest BCUT2D eigenvalue weighted by atomic mass is 10.0. The molecule has 0 N–H and O–H groups in total. The number of esters is 3. The summed E-state index contributed by atoms with van der Waals surface area (Å²) in [4.78, 5) is 38.3. The van der Waals surface area contributed by atoms with Crippen molar-refractivity contribution in [2.75, 3.05) is 13.2 Å². The molecule has 0 aromatic heterocycles. The largest absolute Gasteiger partial charge is 0.462 e. The molecule has 0 aliphatic rings. The van der Waals surface area contributed by atoms with E-state index in [1.165, 1.54) is 231 Å². The normalized spacial score (nSPS) is 12.5. The highest BCUT2D eigenvalue weighted by Crippen LogP contribution is 2.18. The molecule has 6 heteroatoms. The minimum Gasteiger partial charge on any atom is -0.462 e. The number of rotatable bonds is 64. The first-order valence-corrected chi connectivity index (χ1v) is 34.9. The highest BCUT2D eigenvalue weighted by molar-refractivity contribution is 5.71. The van der Waals surface area contributed by atoms with Gasteiger partial charge in [-0.15, -0.1) is 0 Å². The molecule has 0 bridgehead atoms. The Balaban J connectivity index is 4.16. The van der Waals surface area contributed by atoms with Gasteiger partial charge in [-0.05, 0) is 89.9 Å². The van der Waals surface area contributed by atoms with Crippen molar-refractivity contribution in [2.45, 2.75) is 367 Å². The van der Waals surface area contributed by atoms with E-state index in [0.717, 1.165) is 89.9 Å². The van der Waals surface area contributed by atoms with Crippen molar-refractivity contribution in [3.63, 3.8) is 0 Å². The maximum atomic E-state index is 12.9. The van der Waals surface area contributed by atoms with Crippen LogP contribution in [0.1, 0.15) is 361 Å². The Kier molecular flexibility index (Phi) is 65.7. The molecule has 464 valence electrons. The van der Waals surface area contributed by atoms with Gasteiger partial charge in [0.05, 0.1) is 0 Å². The van der Waals surface area contributed by atoms with Crippen LogP contribution < -0.4 is 0 Å². The molecule has 0 spiro atoms. The summed E-state index contributed by atoms with van der Waals surface area (Å²) in [5.41, 5.74) is 0. The molecule has 80 heavy (non-hydrogen) atoms. The lowest BCUT2D eigenvalue weighted by Gasteiger charge is -2.18. The third kappa shape index (κ3) is 65.7. The number of hydrogen-bond acceptors (Lipinski definition) is 6. The fraction of sp³-hybridized carbons (Fsp3) is 0.797. The van der Waals surface area contributed by atoms with Gasteiger partial charge in [0, 0.05) is 19.3 Å². The molecule has 1 atom stereocenters. The first kappa shape index (κ1) is 76.9. The molecule has 0 saturated carbocycles. The summed E-state index contributed by atoms with van der Waals surface area (Å²) in [6.07, 6.45) is 89.4. The second-order valence-corrected chi connectivity index (χ2v) is 23.4. The van der Waals surface area contributed by atoms with Crippen LogP contribution in [0.2, 0.25) is 0 Å². The van der Waals surface area contributed by atoms with Crippen LogP contribution >= 0.6 is 0 Å². The Morgan fingerprint density at radius 3 is 0.762 bits per heavy atom. The first-order chi connectivity index (χ1) is 39.5. The molecule has 0 aromatic carbocycles. The van der Waals surface area contributed by atoms with E-state index in [-0.39, 0.29) is 31.1 Å². The maximum Gasteiger partial charge on any atom is 0.306 e. The van der Waals surface area contributed by atoms with Gasteiger partial charge < -0.3 is 14.2 Å². The molecule has 0 amide bonds. The number of carbonyl (C=O) groups excluding carboxylic acids is 3. The molecule has 0 fully saturated rings. The molecule has 0 heterocycles.